The van der Waals surface area contributed by atoms with E-state index in [2.05, 4.69) is 34.6 Å². The third-order valence-corrected chi connectivity index (χ3v) is 4.15. The van der Waals surface area contributed by atoms with E-state index in [-0.39, 0.29) is 0 Å². The van der Waals surface area contributed by atoms with Crippen molar-refractivity contribution in [2.24, 2.45) is 29.6 Å². The summed E-state index contributed by atoms with van der Waals surface area (Å²) in [5, 5.41) is 0. The second-order valence-electron chi connectivity index (χ2n) is 5.21. The molecule has 0 aromatic heterocycles. The van der Waals surface area contributed by atoms with Crippen LogP contribution in [0.2, 0.25) is 0 Å². The molecule has 1 aliphatic rings. The van der Waals surface area contributed by atoms with Gasteiger partial charge < -0.3 is 0 Å². The van der Waals surface area contributed by atoms with Crippen LogP contribution in [0.3, 0.4) is 0 Å². The molecule has 78 valence electrons. The van der Waals surface area contributed by atoms with E-state index in [9.17, 15) is 0 Å². The Bertz CT molecular complexity index is 148. The van der Waals surface area contributed by atoms with Crippen LogP contribution in [-0.4, -0.2) is 0 Å². The molecule has 0 heterocycles. The van der Waals surface area contributed by atoms with Crippen LogP contribution in [0.4, 0.5) is 0 Å². The minimum atomic E-state index is 0.876. The molecule has 0 amide bonds. The van der Waals surface area contributed by atoms with Gasteiger partial charge in [0, 0.05) is 0 Å². The summed E-state index contributed by atoms with van der Waals surface area (Å²) in [7, 11) is 0. The van der Waals surface area contributed by atoms with Gasteiger partial charge in [0.25, 0.3) is 0 Å². The minimum Gasteiger partial charge on any atom is -0.0654 e. The predicted molar refractivity (Wildman–Crippen MR) is 59.7 cm³/mol. The lowest BCUT2D eigenvalue weighted by Crippen LogP contribution is -2.08. The van der Waals surface area contributed by atoms with Crippen molar-refractivity contribution >= 4 is 0 Å². The maximum atomic E-state index is 2.45. The van der Waals surface area contributed by atoms with E-state index in [1.54, 1.807) is 0 Å². The average Bonchev–Trinajstić information content (AvgIpc) is 2.77. The summed E-state index contributed by atoms with van der Waals surface area (Å²) in [5.41, 5.74) is 0. The fourth-order valence-corrected chi connectivity index (χ4v) is 3.01. The molecule has 0 bridgehead atoms. The molecule has 13 heavy (non-hydrogen) atoms. The number of rotatable bonds is 5. The van der Waals surface area contributed by atoms with Crippen molar-refractivity contribution in [3.63, 3.8) is 0 Å². The van der Waals surface area contributed by atoms with Crippen molar-refractivity contribution in [1.82, 2.24) is 0 Å². The molecule has 0 aliphatic heterocycles. The normalized spacial score (nSPS) is 35.1. The second-order valence-corrected chi connectivity index (χ2v) is 5.21. The molecule has 0 spiro atoms. The lowest BCUT2D eigenvalue weighted by Gasteiger charge is -2.15. The third kappa shape index (κ3) is 2.27. The molecule has 0 heteroatoms. The van der Waals surface area contributed by atoms with Crippen LogP contribution in [0, 0.1) is 29.6 Å². The number of hydrogen-bond donors (Lipinski definition) is 0. The van der Waals surface area contributed by atoms with Crippen LogP contribution in [0.25, 0.3) is 0 Å². The summed E-state index contributed by atoms with van der Waals surface area (Å²) >= 11 is 0. The van der Waals surface area contributed by atoms with Gasteiger partial charge in [-0.1, -0.05) is 53.9 Å². The zero-order chi connectivity index (χ0) is 10.0. The van der Waals surface area contributed by atoms with E-state index < -0.39 is 0 Å². The van der Waals surface area contributed by atoms with Crippen LogP contribution in [0.15, 0.2) is 0 Å². The third-order valence-electron chi connectivity index (χ3n) is 4.15. The van der Waals surface area contributed by atoms with E-state index >= 15 is 0 Å². The predicted octanol–water partition coefficient (Wildman–Crippen LogP) is 4.35. The molecule has 0 aromatic carbocycles. The molecule has 0 N–H and O–H groups in total. The van der Waals surface area contributed by atoms with Gasteiger partial charge in [-0.3, -0.25) is 0 Å². The Morgan fingerprint density at radius 2 is 1.62 bits per heavy atom. The van der Waals surface area contributed by atoms with Gasteiger partial charge in [0.1, 0.15) is 0 Å². The first-order chi connectivity index (χ1) is 6.13. The maximum Gasteiger partial charge on any atom is -0.0324 e. The van der Waals surface area contributed by atoms with Crippen molar-refractivity contribution in [2.45, 2.75) is 53.9 Å². The fraction of sp³-hybridized carbons (Fsp3) is 1.00. The molecular formula is C13H26. The summed E-state index contributed by atoms with van der Waals surface area (Å²) in [6, 6.07) is 0. The van der Waals surface area contributed by atoms with E-state index in [0.29, 0.717) is 0 Å². The van der Waals surface area contributed by atoms with Gasteiger partial charge in [-0.25, -0.2) is 0 Å². The smallest absolute Gasteiger partial charge is 0.0324 e. The molecular weight excluding hydrogens is 156 g/mol. The Kier molecular flexibility index (Phi) is 3.82. The van der Waals surface area contributed by atoms with Crippen molar-refractivity contribution in [2.75, 3.05) is 0 Å². The summed E-state index contributed by atoms with van der Waals surface area (Å²) < 4.78 is 0. The average molecular weight is 182 g/mol. The first-order valence-corrected chi connectivity index (χ1v) is 6.13. The van der Waals surface area contributed by atoms with E-state index in [1.807, 2.05) is 0 Å². The second kappa shape index (κ2) is 4.48. The molecule has 1 saturated carbocycles. The first-order valence-electron chi connectivity index (χ1n) is 6.13. The lowest BCUT2D eigenvalue weighted by atomic mass is 9.90. The molecule has 0 radical (unpaired) electrons. The van der Waals surface area contributed by atoms with Crippen LogP contribution in [0.5, 0.6) is 0 Å². The topological polar surface area (TPSA) is 0 Å². The highest BCUT2D eigenvalue weighted by Crippen LogP contribution is 2.56. The largest absolute Gasteiger partial charge is 0.0654 e. The van der Waals surface area contributed by atoms with Crippen molar-refractivity contribution in [1.29, 1.82) is 0 Å². The van der Waals surface area contributed by atoms with E-state index in [1.165, 1.54) is 19.3 Å². The maximum absolute atomic E-state index is 2.45. The minimum absolute atomic E-state index is 0.876. The van der Waals surface area contributed by atoms with Gasteiger partial charge in [0.15, 0.2) is 0 Å². The van der Waals surface area contributed by atoms with Gasteiger partial charge in [-0.2, -0.15) is 0 Å². The Hall–Kier alpha value is 0. The van der Waals surface area contributed by atoms with Crippen molar-refractivity contribution < 1.29 is 0 Å². The zero-order valence-corrected chi connectivity index (χ0v) is 10.0. The Labute approximate surface area is 84.1 Å². The molecule has 4 unspecified atom stereocenters. The molecule has 1 aliphatic carbocycles. The zero-order valence-electron chi connectivity index (χ0n) is 10.0. The lowest BCUT2D eigenvalue weighted by molar-refractivity contribution is 0.340. The van der Waals surface area contributed by atoms with Crippen LogP contribution >= 0.6 is 0 Å². The standard InChI is InChI=1S/C13H26/c1-6-8-12-11(7-2)13(12)10(5)9(3)4/h9-13H,6-8H2,1-5H3. The van der Waals surface area contributed by atoms with E-state index in [0.717, 1.165) is 29.6 Å². The monoisotopic (exact) mass is 182 g/mol. The quantitative estimate of drug-likeness (QED) is 0.593. The summed E-state index contributed by atoms with van der Waals surface area (Å²) in [6.07, 6.45) is 4.26. The van der Waals surface area contributed by atoms with Crippen molar-refractivity contribution in [3.8, 4) is 0 Å². The number of hydrogen-bond acceptors (Lipinski definition) is 0. The molecule has 1 rings (SSSR count). The van der Waals surface area contributed by atoms with Crippen molar-refractivity contribution in [3.05, 3.63) is 0 Å². The highest BCUT2D eigenvalue weighted by molar-refractivity contribution is 4.98. The van der Waals surface area contributed by atoms with Gasteiger partial charge in [0.05, 0.1) is 0 Å². The molecule has 0 saturated heterocycles. The highest BCUT2D eigenvalue weighted by Gasteiger charge is 2.50. The summed E-state index contributed by atoms with van der Waals surface area (Å²) in [5.74, 6) is 5.03. The fourth-order valence-electron chi connectivity index (χ4n) is 3.01. The van der Waals surface area contributed by atoms with Gasteiger partial charge in [-0.05, 0) is 29.6 Å². The van der Waals surface area contributed by atoms with Gasteiger partial charge in [-0.15, -0.1) is 0 Å². The molecule has 1 fully saturated rings. The van der Waals surface area contributed by atoms with Crippen LogP contribution in [-0.2, 0) is 0 Å². The van der Waals surface area contributed by atoms with Crippen LogP contribution < -0.4 is 0 Å². The Balaban J connectivity index is 2.43. The Morgan fingerprint density at radius 1 is 1.00 bits per heavy atom. The SMILES string of the molecule is CCCC1C(CC)C1C(C)C(C)C. The molecule has 0 nitrogen and oxygen atoms in total. The van der Waals surface area contributed by atoms with Crippen LogP contribution in [0.1, 0.15) is 53.9 Å². The van der Waals surface area contributed by atoms with E-state index in [4.69, 9.17) is 0 Å². The summed E-state index contributed by atoms with van der Waals surface area (Å²) in [6.45, 7) is 11.9. The molecule has 4 atom stereocenters. The van der Waals surface area contributed by atoms with Gasteiger partial charge >= 0.3 is 0 Å². The summed E-state index contributed by atoms with van der Waals surface area (Å²) in [4.78, 5) is 0. The Morgan fingerprint density at radius 3 is 2.00 bits per heavy atom. The van der Waals surface area contributed by atoms with Gasteiger partial charge in [0.2, 0.25) is 0 Å². The first kappa shape index (κ1) is 11.1. The highest BCUT2D eigenvalue weighted by atomic mass is 14.5. The molecule has 0 aromatic rings.